The first-order valence-corrected chi connectivity index (χ1v) is 7.03. The van der Waals surface area contributed by atoms with Gasteiger partial charge in [-0.15, -0.1) is 0 Å². The lowest BCUT2D eigenvalue weighted by atomic mass is 9.77. The molecule has 0 spiro atoms. The van der Waals surface area contributed by atoms with Gasteiger partial charge in [-0.25, -0.2) is 9.97 Å². The number of hydrogen-bond donors (Lipinski definition) is 2. The normalized spacial score (nSPS) is 10.4. The summed E-state index contributed by atoms with van der Waals surface area (Å²) in [7, 11) is 0.0696. The third-order valence-corrected chi connectivity index (χ3v) is 3.67. The van der Waals surface area contributed by atoms with Crippen LogP contribution in [0.25, 0.3) is 0 Å². The van der Waals surface area contributed by atoms with Crippen molar-refractivity contribution in [2.24, 2.45) is 0 Å². The van der Waals surface area contributed by atoms with Crippen molar-refractivity contribution in [3.05, 3.63) is 41.7 Å². The summed E-state index contributed by atoms with van der Waals surface area (Å²) in [5.41, 5.74) is 2.25. The van der Waals surface area contributed by atoms with Crippen molar-refractivity contribution >= 4 is 24.3 Å². The summed E-state index contributed by atoms with van der Waals surface area (Å²) in [6.45, 7) is 1.93. The van der Waals surface area contributed by atoms with E-state index in [9.17, 15) is 10.0 Å². The van der Waals surface area contributed by atoms with Crippen LogP contribution in [-0.2, 0) is 5.75 Å². The lowest BCUT2D eigenvalue weighted by Crippen LogP contribution is -2.32. The van der Waals surface area contributed by atoms with E-state index in [0.717, 1.165) is 11.1 Å². The van der Waals surface area contributed by atoms with Crippen molar-refractivity contribution in [2.45, 2.75) is 17.8 Å². The fourth-order valence-corrected chi connectivity index (χ4v) is 2.47. The minimum absolute atomic E-state index is 0.463. The highest BCUT2D eigenvalue weighted by Gasteiger charge is 2.17. The summed E-state index contributed by atoms with van der Waals surface area (Å²) in [6, 6.07) is 5.14. The maximum Gasteiger partial charge on any atom is 0.488 e. The van der Waals surface area contributed by atoms with E-state index < -0.39 is 7.12 Å². The van der Waals surface area contributed by atoms with E-state index in [1.807, 2.05) is 6.92 Å². The number of methoxy groups -OCH3 is 1. The molecule has 5 nitrogen and oxygen atoms in total. The Bertz CT molecular complexity index is 578. The highest BCUT2D eigenvalue weighted by molar-refractivity contribution is 7.98. The molecule has 0 aliphatic carbocycles. The molecule has 0 amide bonds. The molecule has 0 saturated carbocycles. The Kier molecular flexibility index (Phi) is 5.00. The van der Waals surface area contributed by atoms with Gasteiger partial charge in [0.05, 0.1) is 7.11 Å². The second-order valence-electron chi connectivity index (χ2n) is 4.27. The Morgan fingerprint density at radius 2 is 1.95 bits per heavy atom. The van der Waals surface area contributed by atoms with Crippen LogP contribution in [0.1, 0.15) is 11.1 Å². The molecular weight excluding hydrogens is 275 g/mol. The molecule has 0 atom stereocenters. The first-order chi connectivity index (χ1) is 9.60. The van der Waals surface area contributed by atoms with E-state index in [1.54, 1.807) is 37.7 Å². The third-order valence-electron chi connectivity index (χ3n) is 2.74. The van der Waals surface area contributed by atoms with Crippen LogP contribution < -0.4 is 10.2 Å². The summed E-state index contributed by atoms with van der Waals surface area (Å²) in [4.78, 5) is 8.41. The summed E-state index contributed by atoms with van der Waals surface area (Å²) in [6.07, 6.45) is 3.51. The van der Waals surface area contributed by atoms with Crippen LogP contribution in [0, 0.1) is 6.92 Å². The Hall–Kier alpha value is -1.57. The van der Waals surface area contributed by atoms with E-state index in [4.69, 9.17) is 4.74 Å². The Labute approximate surface area is 122 Å². The topological polar surface area (TPSA) is 75.5 Å². The number of hydrogen-bond acceptors (Lipinski definition) is 6. The van der Waals surface area contributed by atoms with Gasteiger partial charge in [-0.3, -0.25) is 0 Å². The standard InChI is InChI=1S/C13H15BN2O3S/c1-9-6-15-13(16-7-9)20-8-10-5-11(19-2)3-4-12(10)14(17)18/h3-7,17-18H,8H2,1-2H3. The molecule has 0 unspecified atom stereocenters. The van der Waals surface area contributed by atoms with Crippen molar-refractivity contribution in [3.63, 3.8) is 0 Å². The molecule has 0 aliphatic rings. The average Bonchev–Trinajstić information content (AvgIpc) is 2.46. The minimum Gasteiger partial charge on any atom is -0.497 e. The van der Waals surface area contributed by atoms with Crippen LogP contribution in [0.15, 0.2) is 35.7 Å². The number of benzene rings is 1. The SMILES string of the molecule is COc1ccc(B(O)O)c(CSc2ncc(C)cn2)c1. The van der Waals surface area contributed by atoms with E-state index in [1.165, 1.54) is 11.8 Å². The van der Waals surface area contributed by atoms with Crippen molar-refractivity contribution in [3.8, 4) is 5.75 Å². The second-order valence-corrected chi connectivity index (χ2v) is 5.21. The summed E-state index contributed by atoms with van der Waals surface area (Å²) >= 11 is 1.43. The second kappa shape index (κ2) is 6.74. The number of rotatable bonds is 5. The molecule has 1 heterocycles. The van der Waals surface area contributed by atoms with Crippen LogP contribution >= 0.6 is 11.8 Å². The molecule has 0 saturated heterocycles. The van der Waals surface area contributed by atoms with Gasteiger partial charge in [-0.2, -0.15) is 0 Å². The fraction of sp³-hybridized carbons (Fsp3) is 0.231. The van der Waals surface area contributed by atoms with Gasteiger partial charge in [-0.1, -0.05) is 17.8 Å². The van der Waals surface area contributed by atoms with Crippen molar-refractivity contribution in [1.29, 1.82) is 0 Å². The van der Waals surface area contributed by atoms with E-state index in [2.05, 4.69) is 9.97 Å². The van der Waals surface area contributed by atoms with Crippen molar-refractivity contribution in [1.82, 2.24) is 9.97 Å². The van der Waals surface area contributed by atoms with Crippen LogP contribution in [0.5, 0.6) is 5.75 Å². The first-order valence-electron chi connectivity index (χ1n) is 6.04. The molecule has 7 heteroatoms. The molecule has 2 aromatic rings. The Morgan fingerprint density at radius 3 is 2.55 bits per heavy atom. The molecule has 1 aromatic heterocycles. The van der Waals surface area contributed by atoms with E-state index in [0.29, 0.717) is 22.1 Å². The van der Waals surface area contributed by atoms with Crippen molar-refractivity contribution in [2.75, 3.05) is 7.11 Å². The molecule has 0 radical (unpaired) electrons. The number of nitrogens with zero attached hydrogens (tertiary/aromatic N) is 2. The van der Waals surface area contributed by atoms with E-state index in [-0.39, 0.29) is 0 Å². The Balaban J connectivity index is 2.16. The quantitative estimate of drug-likeness (QED) is 0.481. The number of aromatic nitrogens is 2. The first kappa shape index (κ1) is 14.8. The lowest BCUT2D eigenvalue weighted by molar-refractivity contribution is 0.413. The van der Waals surface area contributed by atoms with Crippen molar-refractivity contribution < 1.29 is 14.8 Å². The lowest BCUT2D eigenvalue weighted by Gasteiger charge is -2.10. The van der Waals surface area contributed by atoms with Crippen LogP contribution in [0.4, 0.5) is 0 Å². The maximum atomic E-state index is 9.38. The minimum atomic E-state index is -1.50. The molecule has 2 N–H and O–H groups in total. The van der Waals surface area contributed by atoms with Gasteiger partial charge < -0.3 is 14.8 Å². The molecule has 1 aromatic carbocycles. The monoisotopic (exact) mass is 290 g/mol. The zero-order valence-corrected chi connectivity index (χ0v) is 12.1. The molecule has 20 heavy (non-hydrogen) atoms. The van der Waals surface area contributed by atoms with Gasteiger partial charge in [0.25, 0.3) is 0 Å². The fourth-order valence-electron chi connectivity index (χ4n) is 1.68. The third kappa shape index (κ3) is 3.72. The van der Waals surface area contributed by atoms with Gasteiger partial charge in [0.1, 0.15) is 5.75 Å². The zero-order valence-electron chi connectivity index (χ0n) is 11.3. The number of aryl methyl sites for hydroxylation is 1. The molecule has 2 rings (SSSR count). The average molecular weight is 290 g/mol. The van der Waals surface area contributed by atoms with Gasteiger partial charge in [0, 0.05) is 18.1 Å². The number of thioether (sulfide) groups is 1. The van der Waals surface area contributed by atoms with Crippen LogP contribution in [0.2, 0.25) is 0 Å². The molecule has 0 fully saturated rings. The summed E-state index contributed by atoms with van der Waals surface area (Å²) in [5.74, 6) is 1.21. The van der Waals surface area contributed by atoms with Gasteiger partial charge in [-0.05, 0) is 35.6 Å². The molecule has 0 aliphatic heterocycles. The molecule has 0 bridgehead atoms. The smallest absolute Gasteiger partial charge is 0.488 e. The van der Waals surface area contributed by atoms with Gasteiger partial charge in [0.15, 0.2) is 5.16 Å². The maximum absolute atomic E-state index is 9.38. The Morgan fingerprint density at radius 1 is 1.25 bits per heavy atom. The largest absolute Gasteiger partial charge is 0.497 e. The summed E-state index contributed by atoms with van der Waals surface area (Å²) < 4.78 is 5.15. The predicted octanol–water partition coefficient (Wildman–Crippen LogP) is 0.766. The van der Waals surface area contributed by atoms with E-state index >= 15 is 0 Å². The zero-order chi connectivity index (χ0) is 14.5. The molecular formula is C13H15BN2O3S. The van der Waals surface area contributed by atoms with Crippen LogP contribution in [-0.4, -0.2) is 34.2 Å². The highest BCUT2D eigenvalue weighted by Crippen LogP contribution is 2.21. The van der Waals surface area contributed by atoms with Crippen LogP contribution in [0.3, 0.4) is 0 Å². The molecule has 104 valence electrons. The van der Waals surface area contributed by atoms with Gasteiger partial charge >= 0.3 is 7.12 Å². The number of ether oxygens (including phenoxy) is 1. The van der Waals surface area contributed by atoms with Gasteiger partial charge in [0.2, 0.25) is 0 Å². The highest BCUT2D eigenvalue weighted by atomic mass is 32.2. The summed E-state index contributed by atoms with van der Waals surface area (Å²) in [5, 5.41) is 19.4. The predicted molar refractivity (Wildman–Crippen MR) is 79.1 cm³/mol.